The molecule has 5 nitrogen and oxygen atoms in total. The van der Waals surface area contributed by atoms with Crippen LogP contribution in [0.2, 0.25) is 0 Å². The molecule has 0 radical (unpaired) electrons. The number of hydrogen-bond donors (Lipinski definition) is 2. The van der Waals surface area contributed by atoms with Gasteiger partial charge in [-0.25, -0.2) is 13.6 Å². The molecule has 0 bridgehead atoms. The molecular formula is C13H18N2O3S. The zero-order chi connectivity index (χ0) is 14.0. The van der Waals surface area contributed by atoms with Crippen LogP contribution in [-0.4, -0.2) is 14.3 Å². The number of anilines is 1. The second kappa shape index (κ2) is 5.30. The fourth-order valence-corrected chi connectivity index (χ4v) is 2.98. The lowest BCUT2D eigenvalue weighted by Gasteiger charge is -2.24. The van der Waals surface area contributed by atoms with Gasteiger partial charge >= 0.3 is 0 Å². The average molecular weight is 282 g/mol. The van der Waals surface area contributed by atoms with E-state index >= 15 is 0 Å². The molecule has 0 aromatic heterocycles. The molecule has 0 saturated heterocycles. The van der Waals surface area contributed by atoms with Gasteiger partial charge in [0.25, 0.3) is 0 Å². The molecule has 1 saturated carbocycles. The third kappa shape index (κ3) is 3.54. The highest BCUT2D eigenvalue weighted by Gasteiger charge is 2.20. The maximum absolute atomic E-state index is 11.8. The molecule has 0 spiro atoms. The number of rotatable bonds is 4. The van der Waals surface area contributed by atoms with Crippen LogP contribution in [0.1, 0.15) is 31.2 Å². The number of carbonyl (C=O) groups is 1. The standard InChI is InChI=1S/C13H18N2O3S/c1-9-7-11(5-6-12(9)19(14,17)18)15-13(16)8-10-3-2-4-10/h5-7,10H,2-4,8H2,1H3,(H,15,16)(H2,14,17,18). The van der Waals surface area contributed by atoms with Gasteiger partial charge in [0.15, 0.2) is 0 Å². The molecule has 0 atom stereocenters. The zero-order valence-electron chi connectivity index (χ0n) is 10.8. The van der Waals surface area contributed by atoms with E-state index in [0.29, 0.717) is 23.6 Å². The summed E-state index contributed by atoms with van der Waals surface area (Å²) in [7, 11) is -3.71. The van der Waals surface area contributed by atoms with Crippen molar-refractivity contribution >= 4 is 21.6 Å². The Balaban J connectivity index is 2.05. The van der Waals surface area contributed by atoms with Crippen molar-refractivity contribution in [3.8, 4) is 0 Å². The number of nitrogens with two attached hydrogens (primary N) is 1. The summed E-state index contributed by atoms with van der Waals surface area (Å²) in [5.41, 5.74) is 1.14. The Labute approximate surface area is 113 Å². The second-order valence-electron chi connectivity index (χ2n) is 5.07. The van der Waals surface area contributed by atoms with E-state index in [1.54, 1.807) is 19.1 Å². The summed E-state index contributed by atoms with van der Waals surface area (Å²) < 4.78 is 22.5. The summed E-state index contributed by atoms with van der Waals surface area (Å²) in [6, 6.07) is 4.60. The minimum atomic E-state index is -3.71. The van der Waals surface area contributed by atoms with E-state index in [4.69, 9.17) is 5.14 Å². The zero-order valence-corrected chi connectivity index (χ0v) is 11.7. The van der Waals surface area contributed by atoms with Crippen molar-refractivity contribution in [1.82, 2.24) is 0 Å². The van der Waals surface area contributed by atoms with Crippen LogP contribution < -0.4 is 10.5 Å². The van der Waals surface area contributed by atoms with Crippen LogP contribution in [-0.2, 0) is 14.8 Å². The van der Waals surface area contributed by atoms with Gasteiger partial charge in [0.1, 0.15) is 0 Å². The molecule has 1 aromatic rings. The Kier molecular flexibility index (Phi) is 3.91. The molecule has 104 valence electrons. The first kappa shape index (κ1) is 14.0. The average Bonchev–Trinajstić information content (AvgIpc) is 2.21. The summed E-state index contributed by atoms with van der Waals surface area (Å²) >= 11 is 0. The molecule has 1 fully saturated rings. The molecule has 0 aliphatic heterocycles. The Morgan fingerprint density at radius 1 is 1.42 bits per heavy atom. The van der Waals surface area contributed by atoms with Gasteiger partial charge in [-0.15, -0.1) is 0 Å². The number of benzene rings is 1. The monoisotopic (exact) mass is 282 g/mol. The number of aryl methyl sites for hydroxylation is 1. The van der Waals surface area contributed by atoms with Crippen molar-refractivity contribution in [1.29, 1.82) is 0 Å². The van der Waals surface area contributed by atoms with Crippen LogP contribution in [0.15, 0.2) is 23.1 Å². The summed E-state index contributed by atoms with van der Waals surface area (Å²) in [6.07, 6.45) is 3.99. The fraction of sp³-hybridized carbons (Fsp3) is 0.462. The van der Waals surface area contributed by atoms with Crippen molar-refractivity contribution in [2.24, 2.45) is 11.1 Å². The van der Waals surface area contributed by atoms with Gasteiger partial charge in [0.2, 0.25) is 15.9 Å². The number of primary sulfonamides is 1. The number of carbonyl (C=O) groups excluding carboxylic acids is 1. The van der Waals surface area contributed by atoms with Gasteiger partial charge in [-0.05, 0) is 49.4 Å². The van der Waals surface area contributed by atoms with E-state index in [1.807, 2.05) is 0 Å². The molecule has 6 heteroatoms. The van der Waals surface area contributed by atoms with Crippen LogP contribution in [0.3, 0.4) is 0 Å². The van der Waals surface area contributed by atoms with Crippen molar-refractivity contribution < 1.29 is 13.2 Å². The molecule has 0 unspecified atom stereocenters. The van der Waals surface area contributed by atoms with Crippen molar-refractivity contribution in [3.05, 3.63) is 23.8 Å². The fourth-order valence-electron chi connectivity index (χ4n) is 2.22. The van der Waals surface area contributed by atoms with Gasteiger partial charge in [-0.3, -0.25) is 4.79 Å². The van der Waals surface area contributed by atoms with E-state index in [1.165, 1.54) is 12.5 Å². The summed E-state index contributed by atoms with van der Waals surface area (Å²) in [4.78, 5) is 11.8. The lowest BCUT2D eigenvalue weighted by atomic mass is 9.83. The highest BCUT2D eigenvalue weighted by molar-refractivity contribution is 7.89. The third-order valence-electron chi connectivity index (χ3n) is 3.46. The molecule has 1 amide bonds. The van der Waals surface area contributed by atoms with Gasteiger partial charge in [0.05, 0.1) is 4.90 Å². The minimum Gasteiger partial charge on any atom is -0.326 e. The number of hydrogen-bond acceptors (Lipinski definition) is 3. The quantitative estimate of drug-likeness (QED) is 0.882. The Morgan fingerprint density at radius 3 is 2.58 bits per heavy atom. The van der Waals surface area contributed by atoms with Crippen molar-refractivity contribution in [3.63, 3.8) is 0 Å². The van der Waals surface area contributed by atoms with E-state index in [-0.39, 0.29) is 10.8 Å². The van der Waals surface area contributed by atoms with Crippen molar-refractivity contribution in [2.75, 3.05) is 5.32 Å². The normalized spacial score (nSPS) is 15.9. The van der Waals surface area contributed by atoms with Crippen LogP contribution in [0.4, 0.5) is 5.69 Å². The van der Waals surface area contributed by atoms with Crippen LogP contribution in [0, 0.1) is 12.8 Å². The van der Waals surface area contributed by atoms with Gasteiger partial charge < -0.3 is 5.32 Å². The first-order chi connectivity index (χ1) is 8.86. The maximum atomic E-state index is 11.8. The summed E-state index contributed by atoms with van der Waals surface area (Å²) in [5, 5.41) is 7.87. The molecule has 19 heavy (non-hydrogen) atoms. The predicted octanol–water partition coefficient (Wildman–Crippen LogP) is 1.77. The lowest BCUT2D eigenvalue weighted by molar-refractivity contribution is -0.117. The molecule has 1 aromatic carbocycles. The highest BCUT2D eigenvalue weighted by atomic mass is 32.2. The topological polar surface area (TPSA) is 89.3 Å². The van der Waals surface area contributed by atoms with E-state index in [0.717, 1.165) is 12.8 Å². The number of sulfonamides is 1. The minimum absolute atomic E-state index is 0.0209. The largest absolute Gasteiger partial charge is 0.326 e. The number of nitrogens with one attached hydrogen (secondary N) is 1. The first-order valence-electron chi connectivity index (χ1n) is 6.29. The molecule has 2 rings (SSSR count). The molecule has 1 aliphatic rings. The van der Waals surface area contributed by atoms with Crippen LogP contribution >= 0.6 is 0 Å². The van der Waals surface area contributed by atoms with Gasteiger partial charge in [-0.1, -0.05) is 6.42 Å². The first-order valence-corrected chi connectivity index (χ1v) is 7.84. The van der Waals surface area contributed by atoms with E-state index < -0.39 is 10.0 Å². The van der Waals surface area contributed by atoms with Crippen LogP contribution in [0.5, 0.6) is 0 Å². The molecule has 1 aliphatic carbocycles. The third-order valence-corrected chi connectivity index (χ3v) is 4.54. The Bertz CT molecular complexity index is 592. The highest BCUT2D eigenvalue weighted by Crippen LogP contribution is 2.29. The Morgan fingerprint density at radius 2 is 2.11 bits per heavy atom. The SMILES string of the molecule is Cc1cc(NC(=O)CC2CCC2)ccc1S(N)(=O)=O. The second-order valence-corrected chi connectivity index (χ2v) is 6.60. The van der Waals surface area contributed by atoms with Crippen molar-refractivity contribution in [2.45, 2.75) is 37.5 Å². The molecule has 3 N–H and O–H groups in total. The van der Waals surface area contributed by atoms with Gasteiger partial charge in [-0.2, -0.15) is 0 Å². The van der Waals surface area contributed by atoms with Crippen LogP contribution in [0.25, 0.3) is 0 Å². The summed E-state index contributed by atoms with van der Waals surface area (Å²) in [5.74, 6) is 0.484. The predicted molar refractivity (Wildman–Crippen MR) is 73.1 cm³/mol. The Hall–Kier alpha value is -1.40. The van der Waals surface area contributed by atoms with E-state index in [2.05, 4.69) is 5.32 Å². The number of amides is 1. The smallest absolute Gasteiger partial charge is 0.238 e. The van der Waals surface area contributed by atoms with E-state index in [9.17, 15) is 13.2 Å². The van der Waals surface area contributed by atoms with Gasteiger partial charge in [0, 0.05) is 12.1 Å². The lowest BCUT2D eigenvalue weighted by Crippen LogP contribution is -2.21. The molecular weight excluding hydrogens is 264 g/mol. The summed E-state index contributed by atoms with van der Waals surface area (Å²) in [6.45, 7) is 1.65. The molecule has 0 heterocycles. The maximum Gasteiger partial charge on any atom is 0.238 e.